The number of amides is 2. The molecule has 0 fully saturated rings. The molecule has 28 heavy (non-hydrogen) atoms. The van der Waals surface area contributed by atoms with Crippen molar-refractivity contribution in [3.8, 4) is 0 Å². The molecule has 2 amide bonds. The Hall–Kier alpha value is -3.31. The topological polar surface area (TPSA) is 61.4 Å². The van der Waals surface area contributed by atoms with E-state index in [2.05, 4.69) is 10.6 Å². The minimum absolute atomic E-state index is 0.239. The number of hydrogen-bond acceptors (Lipinski definition) is 3. The van der Waals surface area contributed by atoms with E-state index in [1.807, 2.05) is 42.5 Å². The van der Waals surface area contributed by atoms with Crippen LogP contribution in [-0.2, 0) is 17.0 Å². The van der Waals surface area contributed by atoms with E-state index in [-0.39, 0.29) is 11.8 Å². The third-order valence-electron chi connectivity index (χ3n) is 5.20. The number of carbonyl (C=O) groups is 2. The number of nitrogens with one attached hydrogen (secondary N) is 2. The Morgan fingerprint density at radius 1 is 0.893 bits per heavy atom. The van der Waals surface area contributed by atoms with Gasteiger partial charge in [-0.15, -0.1) is 0 Å². The van der Waals surface area contributed by atoms with Gasteiger partial charge in [0, 0.05) is 16.3 Å². The average Bonchev–Trinajstić information content (AvgIpc) is 2.91. The summed E-state index contributed by atoms with van der Waals surface area (Å²) < 4.78 is 0. The Bertz CT molecular complexity index is 1120. The maximum absolute atomic E-state index is 13.6. The molecule has 0 bridgehead atoms. The zero-order chi connectivity index (χ0) is 19.3. The Labute approximate surface area is 166 Å². The maximum Gasteiger partial charge on any atom is 0.278 e. The first-order valence-corrected chi connectivity index (χ1v) is 9.32. The molecule has 2 aliphatic heterocycles. The summed E-state index contributed by atoms with van der Waals surface area (Å²) >= 11 is 6.25. The van der Waals surface area contributed by atoms with Gasteiger partial charge in [0.1, 0.15) is 0 Å². The van der Waals surface area contributed by atoms with Gasteiger partial charge in [0.2, 0.25) is 5.66 Å². The normalized spacial score (nSPS) is 19.8. The highest BCUT2D eigenvalue weighted by molar-refractivity contribution is 6.31. The van der Waals surface area contributed by atoms with Gasteiger partial charge in [-0.3, -0.25) is 9.59 Å². The zero-order valence-corrected chi connectivity index (χ0v) is 15.5. The van der Waals surface area contributed by atoms with Crippen molar-refractivity contribution in [3.63, 3.8) is 0 Å². The van der Waals surface area contributed by atoms with Crippen molar-refractivity contribution in [2.45, 2.75) is 12.2 Å². The lowest BCUT2D eigenvalue weighted by Gasteiger charge is -2.36. The number of halogens is 1. The van der Waals surface area contributed by atoms with Crippen LogP contribution in [-0.4, -0.2) is 11.8 Å². The molecular formula is C22H16ClN3O2. The molecule has 1 atom stereocenters. The van der Waals surface area contributed by atoms with Gasteiger partial charge < -0.3 is 15.5 Å². The predicted molar refractivity (Wildman–Crippen MR) is 108 cm³/mol. The first kappa shape index (κ1) is 16.8. The highest BCUT2D eigenvalue weighted by atomic mass is 35.5. The average molecular weight is 390 g/mol. The van der Waals surface area contributed by atoms with Crippen LogP contribution in [0.5, 0.6) is 0 Å². The third kappa shape index (κ3) is 2.40. The fourth-order valence-corrected chi connectivity index (χ4v) is 4.07. The molecule has 2 N–H and O–H groups in total. The van der Waals surface area contributed by atoms with E-state index in [9.17, 15) is 9.59 Å². The lowest BCUT2D eigenvalue weighted by molar-refractivity contribution is -0.123. The van der Waals surface area contributed by atoms with Crippen LogP contribution < -0.4 is 15.5 Å². The SMILES string of the molecule is O=C1N[C@@]2(Nc3ccccc31)C(=O)N(Cc1ccccc1)c1ccc(Cl)cc12. The summed E-state index contributed by atoms with van der Waals surface area (Å²) in [6, 6.07) is 22.2. The van der Waals surface area contributed by atoms with Gasteiger partial charge in [0.15, 0.2) is 0 Å². The van der Waals surface area contributed by atoms with Crippen LogP contribution in [0.4, 0.5) is 11.4 Å². The Kier molecular flexibility index (Phi) is 3.67. The molecule has 138 valence electrons. The smallest absolute Gasteiger partial charge is 0.278 e. The molecule has 0 aliphatic carbocycles. The highest BCUT2D eigenvalue weighted by Gasteiger charge is 2.54. The van der Waals surface area contributed by atoms with E-state index in [1.165, 1.54) is 0 Å². The molecule has 3 aromatic carbocycles. The molecule has 0 aromatic heterocycles. The second-order valence-corrected chi connectivity index (χ2v) is 7.35. The molecule has 5 nitrogen and oxygen atoms in total. The molecule has 0 radical (unpaired) electrons. The lowest BCUT2D eigenvalue weighted by Crippen LogP contribution is -2.60. The van der Waals surface area contributed by atoms with Crippen molar-refractivity contribution in [2.75, 3.05) is 10.2 Å². The van der Waals surface area contributed by atoms with E-state index >= 15 is 0 Å². The molecule has 5 rings (SSSR count). The van der Waals surface area contributed by atoms with Gasteiger partial charge in [0.05, 0.1) is 17.8 Å². The van der Waals surface area contributed by atoms with Gasteiger partial charge in [0.25, 0.3) is 11.8 Å². The largest absolute Gasteiger partial charge is 0.350 e. The molecule has 0 saturated carbocycles. The minimum Gasteiger partial charge on any atom is -0.350 e. The summed E-state index contributed by atoms with van der Waals surface area (Å²) in [6.07, 6.45) is 0. The Morgan fingerprint density at radius 3 is 2.46 bits per heavy atom. The molecular weight excluding hydrogens is 374 g/mol. The van der Waals surface area contributed by atoms with Gasteiger partial charge in [-0.05, 0) is 35.9 Å². The first-order valence-electron chi connectivity index (χ1n) is 8.94. The van der Waals surface area contributed by atoms with E-state index in [4.69, 9.17) is 11.6 Å². The van der Waals surface area contributed by atoms with E-state index in [0.717, 1.165) is 11.3 Å². The fourth-order valence-electron chi connectivity index (χ4n) is 3.90. The fraction of sp³-hybridized carbons (Fsp3) is 0.0909. The molecule has 3 aromatic rings. The van der Waals surface area contributed by atoms with E-state index in [0.29, 0.717) is 28.4 Å². The predicted octanol–water partition coefficient (Wildman–Crippen LogP) is 3.90. The summed E-state index contributed by atoms with van der Waals surface area (Å²) in [5, 5.41) is 6.67. The van der Waals surface area contributed by atoms with Gasteiger partial charge in [-0.25, -0.2) is 0 Å². The standard InChI is InChI=1S/C22H16ClN3O2/c23-15-10-11-19-17(12-15)22(21(28)26(19)13-14-6-2-1-3-7-14)24-18-9-5-4-8-16(18)20(27)25-22/h1-12,24H,13H2,(H,25,27)/t22-/m1/s1. The van der Waals surface area contributed by atoms with Crippen LogP contribution in [0, 0.1) is 0 Å². The summed E-state index contributed by atoms with van der Waals surface area (Å²) in [6.45, 7) is 0.398. The van der Waals surface area contributed by atoms with Crippen molar-refractivity contribution >= 4 is 34.8 Å². The van der Waals surface area contributed by atoms with Crippen LogP contribution in [0.25, 0.3) is 0 Å². The van der Waals surface area contributed by atoms with Gasteiger partial charge >= 0.3 is 0 Å². The molecule has 2 heterocycles. The molecule has 6 heteroatoms. The quantitative estimate of drug-likeness (QED) is 0.699. The minimum atomic E-state index is -1.37. The van der Waals surface area contributed by atoms with Crippen LogP contribution in [0.1, 0.15) is 21.5 Å². The van der Waals surface area contributed by atoms with E-state index in [1.54, 1.807) is 35.2 Å². The summed E-state index contributed by atoms with van der Waals surface area (Å²) in [7, 11) is 0. The highest BCUT2D eigenvalue weighted by Crippen LogP contribution is 2.44. The van der Waals surface area contributed by atoms with Crippen LogP contribution in [0.3, 0.4) is 0 Å². The molecule has 2 aliphatic rings. The maximum atomic E-state index is 13.6. The molecule has 0 unspecified atom stereocenters. The Morgan fingerprint density at radius 2 is 1.64 bits per heavy atom. The van der Waals surface area contributed by atoms with Crippen molar-refractivity contribution in [2.24, 2.45) is 0 Å². The Balaban J connectivity index is 1.65. The summed E-state index contributed by atoms with van der Waals surface area (Å²) in [5.41, 5.74) is 2.11. The van der Waals surface area contributed by atoms with Crippen LogP contribution in [0.15, 0.2) is 72.8 Å². The van der Waals surface area contributed by atoms with Crippen LogP contribution >= 0.6 is 11.6 Å². The number of anilines is 2. The van der Waals surface area contributed by atoms with Crippen molar-refractivity contribution in [3.05, 3.63) is 94.5 Å². The third-order valence-corrected chi connectivity index (χ3v) is 5.43. The number of para-hydroxylation sites is 1. The van der Waals surface area contributed by atoms with Crippen LogP contribution in [0.2, 0.25) is 5.02 Å². The number of fused-ring (bicyclic) bond motifs is 3. The number of carbonyl (C=O) groups excluding carboxylic acids is 2. The van der Waals surface area contributed by atoms with Gasteiger partial charge in [-0.2, -0.15) is 0 Å². The molecule has 1 spiro atoms. The number of nitrogens with zero attached hydrogens (tertiary/aromatic N) is 1. The second kappa shape index (κ2) is 6.11. The number of benzene rings is 3. The van der Waals surface area contributed by atoms with Crippen molar-refractivity contribution in [1.82, 2.24) is 5.32 Å². The summed E-state index contributed by atoms with van der Waals surface area (Å²) in [4.78, 5) is 28.1. The zero-order valence-electron chi connectivity index (χ0n) is 14.8. The number of hydrogen-bond donors (Lipinski definition) is 2. The summed E-state index contributed by atoms with van der Waals surface area (Å²) in [5.74, 6) is -0.536. The monoisotopic (exact) mass is 389 g/mol. The van der Waals surface area contributed by atoms with Crippen molar-refractivity contribution < 1.29 is 9.59 Å². The first-order chi connectivity index (χ1) is 13.6. The molecule has 0 saturated heterocycles. The van der Waals surface area contributed by atoms with E-state index < -0.39 is 5.66 Å². The lowest BCUT2D eigenvalue weighted by atomic mass is 9.95. The van der Waals surface area contributed by atoms with Crippen molar-refractivity contribution in [1.29, 1.82) is 0 Å². The second-order valence-electron chi connectivity index (χ2n) is 6.91. The number of rotatable bonds is 2. The van der Waals surface area contributed by atoms with Gasteiger partial charge in [-0.1, -0.05) is 54.1 Å².